The molecule has 0 aliphatic heterocycles. The minimum absolute atomic E-state index is 0.123. The van der Waals surface area contributed by atoms with Gasteiger partial charge in [-0.3, -0.25) is 4.79 Å². The zero-order valence-corrected chi connectivity index (χ0v) is 12.9. The molecule has 1 aliphatic carbocycles. The van der Waals surface area contributed by atoms with Gasteiger partial charge < -0.3 is 5.32 Å². The first-order chi connectivity index (χ1) is 9.57. The van der Waals surface area contributed by atoms with Crippen molar-refractivity contribution >= 4 is 17.2 Å². The first-order valence-corrected chi connectivity index (χ1v) is 8.03. The third-order valence-corrected chi connectivity index (χ3v) is 5.06. The highest BCUT2D eigenvalue weighted by Crippen LogP contribution is 2.35. The Bertz CT molecular complexity index is 509. The molecule has 108 valence electrons. The summed E-state index contributed by atoms with van der Waals surface area (Å²) in [5.74, 6) is -0.123. The van der Waals surface area contributed by atoms with Crippen LogP contribution < -0.4 is 5.32 Å². The van der Waals surface area contributed by atoms with Crippen LogP contribution in [0.1, 0.15) is 61.4 Å². The maximum absolute atomic E-state index is 12.5. The summed E-state index contributed by atoms with van der Waals surface area (Å²) in [6, 6.07) is 2.16. The van der Waals surface area contributed by atoms with Crippen molar-refractivity contribution < 1.29 is 4.79 Å². The topological polar surface area (TPSA) is 65.8 Å². The monoisotopic (exact) mass is 291 g/mol. The van der Waals surface area contributed by atoms with Crippen LogP contribution in [0.3, 0.4) is 0 Å². The highest BCUT2D eigenvalue weighted by atomic mass is 32.1. The maximum atomic E-state index is 12.5. The van der Waals surface area contributed by atoms with Crippen LogP contribution in [-0.4, -0.2) is 10.9 Å². The van der Waals surface area contributed by atoms with Gasteiger partial charge >= 0.3 is 0 Å². The number of amides is 1. The number of carbonyl (C=O) groups excluding carboxylic acids is 1. The highest BCUT2D eigenvalue weighted by molar-refractivity contribution is 7.11. The fraction of sp³-hybridized carbons (Fsp3) is 0.667. The SMILES string of the molecule is Cc1cnc(C(C)NC(=O)C2(C#N)CCCCCC2)s1. The van der Waals surface area contributed by atoms with Crippen LogP contribution in [-0.2, 0) is 4.79 Å². The average molecular weight is 291 g/mol. The Balaban J connectivity index is 2.07. The van der Waals surface area contributed by atoms with Gasteiger partial charge in [-0.15, -0.1) is 11.3 Å². The van der Waals surface area contributed by atoms with Crippen molar-refractivity contribution in [2.24, 2.45) is 5.41 Å². The third-order valence-electron chi connectivity index (χ3n) is 3.96. The van der Waals surface area contributed by atoms with E-state index in [1.807, 2.05) is 20.0 Å². The molecule has 1 fully saturated rings. The molecule has 2 rings (SSSR count). The van der Waals surface area contributed by atoms with E-state index >= 15 is 0 Å². The lowest BCUT2D eigenvalue weighted by Crippen LogP contribution is -2.41. The second-order valence-corrected chi connectivity index (χ2v) is 6.88. The zero-order chi connectivity index (χ0) is 14.6. The summed E-state index contributed by atoms with van der Waals surface area (Å²) < 4.78 is 0. The molecule has 0 aromatic carbocycles. The Morgan fingerprint density at radius 3 is 2.60 bits per heavy atom. The maximum Gasteiger partial charge on any atom is 0.241 e. The van der Waals surface area contributed by atoms with E-state index in [1.165, 1.54) is 0 Å². The average Bonchev–Trinajstić information content (AvgIpc) is 2.73. The fourth-order valence-electron chi connectivity index (χ4n) is 2.69. The molecule has 0 bridgehead atoms. The Kier molecular flexibility index (Phi) is 4.77. The van der Waals surface area contributed by atoms with E-state index < -0.39 is 5.41 Å². The summed E-state index contributed by atoms with van der Waals surface area (Å²) in [5, 5.41) is 13.4. The van der Waals surface area contributed by atoms with Gasteiger partial charge in [0.25, 0.3) is 0 Å². The number of aromatic nitrogens is 1. The van der Waals surface area contributed by atoms with Crippen LogP contribution in [0.25, 0.3) is 0 Å². The molecule has 1 saturated carbocycles. The molecule has 1 amide bonds. The van der Waals surface area contributed by atoms with Crippen molar-refractivity contribution in [1.82, 2.24) is 10.3 Å². The summed E-state index contributed by atoms with van der Waals surface area (Å²) in [6.45, 7) is 3.93. The van der Waals surface area contributed by atoms with Crippen LogP contribution in [0.5, 0.6) is 0 Å². The first kappa shape index (κ1) is 15.0. The van der Waals surface area contributed by atoms with Crippen LogP contribution in [0.2, 0.25) is 0 Å². The predicted octanol–water partition coefficient (Wildman–Crippen LogP) is 3.49. The lowest BCUT2D eigenvalue weighted by atomic mass is 9.81. The van der Waals surface area contributed by atoms with Gasteiger partial charge in [0, 0.05) is 11.1 Å². The Morgan fingerprint density at radius 2 is 2.10 bits per heavy atom. The molecule has 1 unspecified atom stereocenters. The second kappa shape index (κ2) is 6.36. The van der Waals surface area contributed by atoms with Gasteiger partial charge in [-0.25, -0.2) is 4.98 Å². The van der Waals surface area contributed by atoms with Crippen molar-refractivity contribution in [1.29, 1.82) is 5.26 Å². The second-order valence-electron chi connectivity index (χ2n) is 5.61. The van der Waals surface area contributed by atoms with Gasteiger partial charge in [0.2, 0.25) is 5.91 Å². The van der Waals surface area contributed by atoms with Gasteiger partial charge in [-0.05, 0) is 26.7 Å². The molecule has 1 aromatic heterocycles. The molecule has 5 heteroatoms. The lowest BCUT2D eigenvalue weighted by Gasteiger charge is -2.25. The van der Waals surface area contributed by atoms with Gasteiger partial charge in [0.05, 0.1) is 12.1 Å². The molecule has 4 nitrogen and oxygen atoms in total. The van der Waals surface area contributed by atoms with E-state index in [-0.39, 0.29) is 11.9 Å². The van der Waals surface area contributed by atoms with Gasteiger partial charge in [-0.2, -0.15) is 5.26 Å². The van der Waals surface area contributed by atoms with Crippen molar-refractivity contribution in [3.63, 3.8) is 0 Å². The predicted molar refractivity (Wildman–Crippen MR) is 79.2 cm³/mol. The van der Waals surface area contributed by atoms with E-state index in [0.29, 0.717) is 12.8 Å². The molecule has 20 heavy (non-hydrogen) atoms. The molecule has 1 N–H and O–H groups in total. The van der Waals surface area contributed by atoms with E-state index in [4.69, 9.17) is 0 Å². The number of nitrogens with one attached hydrogen (secondary N) is 1. The minimum Gasteiger partial charge on any atom is -0.346 e. The Morgan fingerprint density at radius 1 is 1.45 bits per heavy atom. The van der Waals surface area contributed by atoms with Crippen molar-refractivity contribution in [3.8, 4) is 6.07 Å². The van der Waals surface area contributed by atoms with Gasteiger partial charge in [0.15, 0.2) is 0 Å². The Hall–Kier alpha value is -1.41. The summed E-state index contributed by atoms with van der Waals surface area (Å²) in [5.41, 5.74) is -0.836. The van der Waals surface area contributed by atoms with E-state index in [0.717, 1.165) is 35.6 Å². The highest BCUT2D eigenvalue weighted by Gasteiger charge is 2.39. The number of rotatable bonds is 3. The molecule has 0 saturated heterocycles. The number of aryl methyl sites for hydroxylation is 1. The molecule has 0 radical (unpaired) electrons. The normalized spacial score (nSPS) is 19.6. The van der Waals surface area contributed by atoms with Crippen LogP contribution in [0, 0.1) is 23.7 Å². The number of thiazole rings is 1. The third kappa shape index (κ3) is 3.18. The zero-order valence-electron chi connectivity index (χ0n) is 12.1. The molecular formula is C15H21N3OS. The van der Waals surface area contributed by atoms with Crippen molar-refractivity contribution in [2.45, 2.75) is 58.4 Å². The number of hydrogen-bond acceptors (Lipinski definition) is 4. The number of carbonyl (C=O) groups is 1. The van der Waals surface area contributed by atoms with Crippen LogP contribution in [0.4, 0.5) is 0 Å². The Labute approximate surface area is 124 Å². The smallest absolute Gasteiger partial charge is 0.241 e. The molecule has 1 aliphatic rings. The number of hydrogen-bond donors (Lipinski definition) is 1. The largest absolute Gasteiger partial charge is 0.346 e. The molecule has 1 aromatic rings. The van der Waals surface area contributed by atoms with Crippen molar-refractivity contribution in [3.05, 3.63) is 16.1 Å². The summed E-state index contributed by atoms with van der Waals surface area (Å²) in [7, 11) is 0. The minimum atomic E-state index is -0.836. The lowest BCUT2D eigenvalue weighted by molar-refractivity contribution is -0.129. The molecular weight excluding hydrogens is 270 g/mol. The number of nitriles is 1. The van der Waals surface area contributed by atoms with E-state index in [1.54, 1.807) is 11.3 Å². The summed E-state index contributed by atoms with van der Waals surface area (Å²) >= 11 is 1.59. The quantitative estimate of drug-likeness (QED) is 0.867. The van der Waals surface area contributed by atoms with Crippen LogP contribution in [0.15, 0.2) is 6.20 Å². The number of nitrogens with zero attached hydrogens (tertiary/aromatic N) is 2. The fourth-order valence-corrected chi connectivity index (χ4v) is 3.47. The molecule has 1 heterocycles. The summed E-state index contributed by atoms with van der Waals surface area (Å²) in [6.07, 6.45) is 7.35. The van der Waals surface area contributed by atoms with E-state index in [2.05, 4.69) is 16.4 Å². The van der Waals surface area contributed by atoms with Gasteiger partial charge in [-0.1, -0.05) is 25.7 Å². The molecule has 0 spiro atoms. The standard InChI is InChI=1S/C15H21N3OS/c1-11-9-17-13(20-11)12(2)18-14(19)15(10-16)7-5-3-4-6-8-15/h9,12H,3-8H2,1-2H3,(H,18,19). The van der Waals surface area contributed by atoms with Crippen molar-refractivity contribution in [2.75, 3.05) is 0 Å². The first-order valence-electron chi connectivity index (χ1n) is 7.22. The van der Waals surface area contributed by atoms with E-state index in [9.17, 15) is 10.1 Å². The van der Waals surface area contributed by atoms with Crippen LogP contribution >= 0.6 is 11.3 Å². The van der Waals surface area contributed by atoms with Gasteiger partial charge in [0.1, 0.15) is 10.4 Å². The summed E-state index contributed by atoms with van der Waals surface area (Å²) in [4.78, 5) is 18.0. The molecule has 1 atom stereocenters.